The van der Waals surface area contributed by atoms with Gasteiger partial charge in [-0.1, -0.05) is 29.3 Å². The van der Waals surface area contributed by atoms with Gasteiger partial charge in [0.1, 0.15) is 5.75 Å². The van der Waals surface area contributed by atoms with Crippen LogP contribution in [0.25, 0.3) is 0 Å². The topological polar surface area (TPSA) is 75.7 Å². The van der Waals surface area contributed by atoms with Crippen LogP contribution in [0, 0.1) is 6.92 Å². The number of carbonyl (C=O) groups excluding carboxylic acids is 1. The summed E-state index contributed by atoms with van der Waals surface area (Å²) >= 11 is 11.9. The lowest BCUT2D eigenvalue weighted by atomic mass is 10.2. The molecule has 2 aromatic carbocycles. The van der Waals surface area contributed by atoms with E-state index in [1.165, 1.54) is 26.3 Å². The number of methoxy groups -OCH3 is 1. The third-order valence-electron chi connectivity index (χ3n) is 3.67. The van der Waals surface area contributed by atoms with Crippen molar-refractivity contribution in [3.05, 3.63) is 52.0 Å². The Bertz CT molecular complexity index is 932. The molecule has 2 rings (SSSR count). The van der Waals surface area contributed by atoms with Gasteiger partial charge in [0.15, 0.2) is 0 Å². The number of nitrogens with zero attached hydrogens (tertiary/aromatic N) is 1. The normalized spacial score (nSPS) is 11.5. The largest absolute Gasteiger partial charge is 0.496 e. The summed E-state index contributed by atoms with van der Waals surface area (Å²) in [6.45, 7) is 1.36. The monoisotopic (exact) mass is 416 g/mol. The van der Waals surface area contributed by atoms with Crippen molar-refractivity contribution < 1.29 is 17.9 Å². The molecule has 0 radical (unpaired) electrons. The van der Waals surface area contributed by atoms with Crippen LogP contribution in [0.1, 0.15) is 5.56 Å². The number of ether oxygens (including phenoxy) is 1. The van der Waals surface area contributed by atoms with E-state index in [1.807, 2.05) is 0 Å². The summed E-state index contributed by atoms with van der Waals surface area (Å²) in [4.78, 5) is 12.3. The first-order valence-corrected chi connectivity index (χ1v) is 9.71. The SMILES string of the molecule is COc1ccc(S(=O)(=O)N(C)CC(=O)Nc2cccc(Cl)c2Cl)cc1C. The highest BCUT2D eigenvalue weighted by molar-refractivity contribution is 7.89. The molecular weight excluding hydrogens is 399 g/mol. The van der Waals surface area contributed by atoms with Crippen molar-refractivity contribution in [3.8, 4) is 5.75 Å². The number of nitrogens with one attached hydrogen (secondary N) is 1. The molecule has 9 heteroatoms. The van der Waals surface area contributed by atoms with Gasteiger partial charge in [0.2, 0.25) is 15.9 Å². The highest BCUT2D eigenvalue weighted by atomic mass is 35.5. The Morgan fingerprint density at radius 3 is 2.54 bits per heavy atom. The number of amides is 1. The van der Waals surface area contributed by atoms with E-state index >= 15 is 0 Å². The Balaban J connectivity index is 2.14. The predicted molar refractivity (Wildman–Crippen MR) is 103 cm³/mol. The Hall–Kier alpha value is -1.80. The maximum atomic E-state index is 12.7. The van der Waals surface area contributed by atoms with E-state index in [4.69, 9.17) is 27.9 Å². The van der Waals surface area contributed by atoms with Crippen LogP contribution in [-0.4, -0.2) is 39.3 Å². The molecule has 0 aromatic heterocycles. The average Bonchev–Trinajstić information content (AvgIpc) is 2.58. The zero-order chi connectivity index (χ0) is 19.5. The second-order valence-electron chi connectivity index (χ2n) is 5.54. The molecule has 1 N–H and O–H groups in total. The van der Waals surface area contributed by atoms with Crippen LogP contribution in [-0.2, 0) is 14.8 Å². The number of sulfonamides is 1. The fourth-order valence-electron chi connectivity index (χ4n) is 2.27. The van der Waals surface area contributed by atoms with E-state index < -0.39 is 15.9 Å². The van der Waals surface area contributed by atoms with Gasteiger partial charge in [-0.25, -0.2) is 8.42 Å². The smallest absolute Gasteiger partial charge is 0.243 e. The molecule has 2 aromatic rings. The van der Waals surface area contributed by atoms with Gasteiger partial charge in [-0.3, -0.25) is 4.79 Å². The lowest BCUT2D eigenvalue weighted by molar-refractivity contribution is -0.116. The fourth-order valence-corrected chi connectivity index (χ4v) is 3.83. The van der Waals surface area contributed by atoms with Gasteiger partial charge in [0, 0.05) is 7.05 Å². The molecule has 0 aliphatic heterocycles. The van der Waals surface area contributed by atoms with Gasteiger partial charge < -0.3 is 10.1 Å². The fraction of sp³-hybridized carbons (Fsp3) is 0.235. The van der Waals surface area contributed by atoms with Gasteiger partial charge in [0.25, 0.3) is 0 Å². The lowest BCUT2D eigenvalue weighted by Gasteiger charge is -2.18. The van der Waals surface area contributed by atoms with Crippen LogP contribution in [0.4, 0.5) is 5.69 Å². The summed E-state index contributed by atoms with van der Waals surface area (Å²) in [7, 11) is -0.999. The van der Waals surface area contributed by atoms with Gasteiger partial charge in [-0.15, -0.1) is 0 Å². The van der Waals surface area contributed by atoms with Crippen LogP contribution in [0.3, 0.4) is 0 Å². The summed E-state index contributed by atoms with van der Waals surface area (Å²) in [6.07, 6.45) is 0. The number of benzene rings is 2. The first kappa shape index (κ1) is 20.5. The lowest BCUT2D eigenvalue weighted by Crippen LogP contribution is -2.35. The molecule has 6 nitrogen and oxygen atoms in total. The van der Waals surface area contributed by atoms with Crippen LogP contribution < -0.4 is 10.1 Å². The maximum Gasteiger partial charge on any atom is 0.243 e. The first-order valence-electron chi connectivity index (χ1n) is 7.51. The van der Waals surface area contributed by atoms with E-state index in [-0.39, 0.29) is 16.5 Å². The average molecular weight is 417 g/mol. The number of hydrogen-bond acceptors (Lipinski definition) is 4. The first-order chi connectivity index (χ1) is 12.2. The molecule has 0 aliphatic carbocycles. The molecule has 26 heavy (non-hydrogen) atoms. The van der Waals surface area contributed by atoms with Gasteiger partial charge in [-0.2, -0.15) is 4.31 Å². The molecule has 0 unspecified atom stereocenters. The van der Waals surface area contributed by atoms with Crippen LogP contribution in [0.15, 0.2) is 41.3 Å². The molecule has 0 spiro atoms. The highest BCUT2D eigenvalue weighted by Gasteiger charge is 2.24. The second kappa shape index (κ2) is 8.26. The van der Waals surface area contributed by atoms with Crippen molar-refractivity contribution in [1.29, 1.82) is 0 Å². The molecule has 0 atom stereocenters. The molecule has 0 aliphatic rings. The third-order valence-corrected chi connectivity index (χ3v) is 6.28. The van der Waals surface area contributed by atoms with E-state index in [0.717, 1.165) is 4.31 Å². The minimum absolute atomic E-state index is 0.0758. The van der Waals surface area contributed by atoms with Crippen LogP contribution in [0.5, 0.6) is 5.75 Å². The number of likely N-dealkylation sites (N-methyl/N-ethyl adjacent to an activating group) is 1. The van der Waals surface area contributed by atoms with Crippen LogP contribution in [0.2, 0.25) is 10.0 Å². The maximum absolute atomic E-state index is 12.7. The van der Waals surface area contributed by atoms with Crippen molar-refractivity contribution >= 4 is 44.8 Å². The Kier molecular flexibility index (Phi) is 6.52. The number of carbonyl (C=O) groups is 1. The number of halogens is 2. The summed E-state index contributed by atoms with van der Waals surface area (Å²) in [5, 5.41) is 3.04. The molecule has 0 saturated carbocycles. The quantitative estimate of drug-likeness (QED) is 0.780. The third kappa shape index (κ3) is 4.48. The zero-order valence-corrected chi connectivity index (χ0v) is 16.7. The molecule has 140 valence electrons. The minimum Gasteiger partial charge on any atom is -0.496 e. The molecule has 0 bridgehead atoms. The number of hydrogen-bond donors (Lipinski definition) is 1. The van der Waals surface area contributed by atoms with E-state index in [2.05, 4.69) is 5.32 Å². The van der Waals surface area contributed by atoms with Crippen LogP contribution >= 0.6 is 23.2 Å². The summed E-state index contributed by atoms with van der Waals surface area (Å²) in [5.41, 5.74) is 0.993. The number of anilines is 1. The van der Waals surface area contributed by atoms with Gasteiger partial charge in [-0.05, 0) is 42.8 Å². The molecule has 0 heterocycles. The number of aryl methyl sites for hydroxylation is 1. The summed E-state index contributed by atoms with van der Waals surface area (Å²) < 4.78 is 31.4. The molecule has 0 fully saturated rings. The van der Waals surface area contributed by atoms with Crippen molar-refractivity contribution in [1.82, 2.24) is 4.31 Å². The van der Waals surface area contributed by atoms with Crippen molar-refractivity contribution in [2.75, 3.05) is 26.0 Å². The minimum atomic E-state index is -3.83. The molecule has 0 saturated heterocycles. The highest BCUT2D eigenvalue weighted by Crippen LogP contribution is 2.29. The van der Waals surface area contributed by atoms with E-state index in [0.29, 0.717) is 22.0 Å². The van der Waals surface area contributed by atoms with E-state index in [1.54, 1.807) is 31.2 Å². The van der Waals surface area contributed by atoms with Gasteiger partial charge in [0.05, 0.1) is 34.3 Å². The van der Waals surface area contributed by atoms with Crippen molar-refractivity contribution in [2.24, 2.45) is 0 Å². The Labute approximate surface area is 162 Å². The Morgan fingerprint density at radius 2 is 1.92 bits per heavy atom. The van der Waals surface area contributed by atoms with Crippen molar-refractivity contribution in [2.45, 2.75) is 11.8 Å². The Morgan fingerprint density at radius 1 is 1.23 bits per heavy atom. The standard InChI is InChI=1S/C17H18Cl2N2O4S/c1-11-9-12(7-8-15(11)25-3)26(23,24)21(2)10-16(22)20-14-6-4-5-13(18)17(14)19/h4-9H,10H2,1-3H3,(H,20,22). The summed E-state index contributed by atoms with van der Waals surface area (Å²) in [6, 6.07) is 9.29. The molecular formula is C17H18Cl2N2O4S. The van der Waals surface area contributed by atoms with E-state index in [9.17, 15) is 13.2 Å². The number of rotatable bonds is 6. The van der Waals surface area contributed by atoms with Crippen molar-refractivity contribution in [3.63, 3.8) is 0 Å². The molecule has 1 amide bonds. The van der Waals surface area contributed by atoms with Gasteiger partial charge >= 0.3 is 0 Å². The second-order valence-corrected chi connectivity index (χ2v) is 8.37. The zero-order valence-electron chi connectivity index (χ0n) is 14.4. The summed E-state index contributed by atoms with van der Waals surface area (Å²) in [5.74, 6) is 0.0467. The predicted octanol–water partition coefficient (Wildman–Crippen LogP) is 3.57.